The normalized spacial score (nSPS) is 15.6. The third-order valence-electron chi connectivity index (χ3n) is 5.16. The van der Waals surface area contributed by atoms with E-state index in [2.05, 4.69) is 25.7 Å². The highest BCUT2D eigenvalue weighted by molar-refractivity contribution is 5.96. The first-order valence-corrected chi connectivity index (χ1v) is 9.69. The first-order valence-electron chi connectivity index (χ1n) is 9.69. The summed E-state index contributed by atoms with van der Waals surface area (Å²) >= 11 is 0. The Morgan fingerprint density at radius 3 is 2.52 bits per heavy atom. The molecule has 0 saturated carbocycles. The molecule has 0 N–H and O–H groups in total. The summed E-state index contributed by atoms with van der Waals surface area (Å²) in [5.74, 6) is 2.07. The largest absolute Gasteiger partial charge is 0.493 e. The van der Waals surface area contributed by atoms with Crippen LogP contribution >= 0.6 is 12.4 Å². The topological polar surface area (TPSA) is 29.5 Å². The van der Waals surface area contributed by atoms with Gasteiger partial charge in [-0.15, -0.1) is 12.4 Å². The van der Waals surface area contributed by atoms with E-state index in [1.165, 1.54) is 19.3 Å². The van der Waals surface area contributed by atoms with Gasteiger partial charge < -0.3 is 9.64 Å². The molecule has 4 heteroatoms. The third kappa shape index (κ3) is 6.63. The van der Waals surface area contributed by atoms with E-state index in [0.717, 1.165) is 61.9 Å². The number of rotatable bonds is 9. The molecule has 0 unspecified atom stereocenters. The van der Waals surface area contributed by atoms with Crippen molar-refractivity contribution in [1.29, 1.82) is 0 Å². The fourth-order valence-corrected chi connectivity index (χ4v) is 3.40. The molecule has 0 aromatic heterocycles. The number of nitrogens with zero attached hydrogens (tertiary/aromatic N) is 1. The molecule has 1 aliphatic rings. The number of ether oxygens (including phenoxy) is 1. The number of hydrogen-bond donors (Lipinski definition) is 0. The van der Waals surface area contributed by atoms with Gasteiger partial charge >= 0.3 is 0 Å². The number of hydrogen-bond acceptors (Lipinski definition) is 3. The van der Waals surface area contributed by atoms with Gasteiger partial charge in [0.2, 0.25) is 0 Å². The summed E-state index contributed by atoms with van der Waals surface area (Å²) in [6, 6.07) is 5.92. The Morgan fingerprint density at radius 1 is 1.20 bits per heavy atom. The monoisotopic (exact) mass is 367 g/mol. The third-order valence-corrected chi connectivity index (χ3v) is 5.16. The fourth-order valence-electron chi connectivity index (χ4n) is 3.40. The Hall–Kier alpha value is -1.06. The fraction of sp³-hybridized carbons (Fsp3) is 0.667. The van der Waals surface area contributed by atoms with E-state index >= 15 is 0 Å². The Kier molecular flexibility index (Phi) is 10.1. The SMILES string of the molecule is CCCOc1ccc(C(=O)CCN2CCC(CC)CC2)cc1CC.Cl. The van der Waals surface area contributed by atoms with E-state index in [1.54, 1.807) is 0 Å². The minimum atomic E-state index is 0. The molecule has 1 heterocycles. The maximum absolute atomic E-state index is 12.5. The second-order valence-electron chi connectivity index (χ2n) is 6.89. The number of benzene rings is 1. The van der Waals surface area contributed by atoms with Gasteiger partial charge in [0.1, 0.15) is 5.75 Å². The van der Waals surface area contributed by atoms with Crippen LogP contribution in [0, 0.1) is 5.92 Å². The van der Waals surface area contributed by atoms with Crippen molar-refractivity contribution in [1.82, 2.24) is 4.90 Å². The van der Waals surface area contributed by atoms with Gasteiger partial charge in [0.25, 0.3) is 0 Å². The molecule has 1 aliphatic heterocycles. The summed E-state index contributed by atoms with van der Waals surface area (Å²) < 4.78 is 5.77. The second-order valence-corrected chi connectivity index (χ2v) is 6.89. The van der Waals surface area contributed by atoms with Crippen LogP contribution in [-0.4, -0.2) is 36.9 Å². The first kappa shape index (κ1) is 22.0. The molecule has 142 valence electrons. The summed E-state index contributed by atoms with van der Waals surface area (Å²) in [6.45, 7) is 10.4. The number of halogens is 1. The molecule has 0 radical (unpaired) electrons. The van der Waals surface area contributed by atoms with Gasteiger partial charge in [-0.1, -0.05) is 27.2 Å². The minimum Gasteiger partial charge on any atom is -0.493 e. The zero-order valence-corrected chi connectivity index (χ0v) is 16.9. The lowest BCUT2D eigenvalue weighted by Crippen LogP contribution is -2.35. The van der Waals surface area contributed by atoms with Gasteiger partial charge in [-0.25, -0.2) is 0 Å². The van der Waals surface area contributed by atoms with Crippen molar-refractivity contribution >= 4 is 18.2 Å². The Balaban J connectivity index is 0.00000312. The highest BCUT2D eigenvalue weighted by Crippen LogP contribution is 2.23. The van der Waals surface area contributed by atoms with Crippen LogP contribution in [0.4, 0.5) is 0 Å². The molecule has 1 aromatic carbocycles. The van der Waals surface area contributed by atoms with E-state index in [0.29, 0.717) is 6.42 Å². The maximum atomic E-state index is 12.5. The van der Waals surface area contributed by atoms with Crippen molar-refractivity contribution < 1.29 is 9.53 Å². The highest BCUT2D eigenvalue weighted by atomic mass is 35.5. The molecule has 0 amide bonds. The second kappa shape index (κ2) is 11.5. The van der Waals surface area contributed by atoms with E-state index < -0.39 is 0 Å². The van der Waals surface area contributed by atoms with E-state index in [1.807, 2.05) is 18.2 Å². The molecule has 1 saturated heterocycles. The summed E-state index contributed by atoms with van der Waals surface area (Å²) in [4.78, 5) is 15.0. The first-order chi connectivity index (χ1) is 11.7. The molecule has 0 bridgehead atoms. The molecule has 0 spiro atoms. The average Bonchev–Trinajstić information content (AvgIpc) is 2.64. The minimum absolute atomic E-state index is 0. The number of aryl methyl sites for hydroxylation is 1. The van der Waals surface area contributed by atoms with Gasteiger partial charge in [0.15, 0.2) is 5.78 Å². The molecule has 0 aliphatic carbocycles. The van der Waals surface area contributed by atoms with Gasteiger partial charge in [0, 0.05) is 18.5 Å². The molecular weight excluding hydrogens is 334 g/mol. The number of carbonyl (C=O) groups excluding carboxylic acids is 1. The van der Waals surface area contributed by atoms with Crippen molar-refractivity contribution in [3.05, 3.63) is 29.3 Å². The Bertz CT molecular complexity index is 525. The van der Waals surface area contributed by atoms with Crippen molar-refractivity contribution in [2.45, 2.75) is 59.3 Å². The lowest BCUT2D eigenvalue weighted by molar-refractivity contribution is 0.0950. The molecule has 0 atom stereocenters. The molecule has 1 aromatic rings. The number of Topliss-reactive ketones (excluding diaryl/α,β-unsaturated/α-hetero) is 1. The lowest BCUT2D eigenvalue weighted by Gasteiger charge is -2.31. The summed E-state index contributed by atoms with van der Waals surface area (Å²) in [5, 5.41) is 0. The summed E-state index contributed by atoms with van der Waals surface area (Å²) in [5.41, 5.74) is 1.97. The summed E-state index contributed by atoms with van der Waals surface area (Å²) in [6.07, 6.45) is 6.37. The molecule has 1 fully saturated rings. The van der Waals surface area contributed by atoms with Gasteiger partial charge in [-0.3, -0.25) is 4.79 Å². The van der Waals surface area contributed by atoms with Crippen LogP contribution in [0.2, 0.25) is 0 Å². The number of carbonyl (C=O) groups is 1. The van der Waals surface area contributed by atoms with Crippen molar-refractivity contribution in [3.63, 3.8) is 0 Å². The predicted octanol–water partition coefficient (Wildman–Crippen LogP) is 5.15. The number of ketones is 1. The van der Waals surface area contributed by atoms with Crippen LogP contribution in [0.3, 0.4) is 0 Å². The van der Waals surface area contributed by atoms with Crippen LogP contribution in [0.5, 0.6) is 5.75 Å². The zero-order valence-electron chi connectivity index (χ0n) is 16.1. The zero-order chi connectivity index (χ0) is 17.4. The quantitative estimate of drug-likeness (QED) is 0.565. The smallest absolute Gasteiger partial charge is 0.164 e. The predicted molar refractivity (Wildman–Crippen MR) is 107 cm³/mol. The Morgan fingerprint density at radius 2 is 1.92 bits per heavy atom. The van der Waals surface area contributed by atoms with Crippen LogP contribution in [0.25, 0.3) is 0 Å². The average molecular weight is 368 g/mol. The van der Waals surface area contributed by atoms with E-state index in [9.17, 15) is 4.79 Å². The molecule has 3 nitrogen and oxygen atoms in total. The van der Waals surface area contributed by atoms with Crippen LogP contribution in [0.1, 0.15) is 68.8 Å². The van der Waals surface area contributed by atoms with Gasteiger partial charge in [0.05, 0.1) is 6.61 Å². The number of likely N-dealkylation sites (tertiary alicyclic amines) is 1. The molecule has 25 heavy (non-hydrogen) atoms. The van der Waals surface area contributed by atoms with Crippen LogP contribution in [0.15, 0.2) is 18.2 Å². The van der Waals surface area contributed by atoms with Gasteiger partial charge in [-0.2, -0.15) is 0 Å². The van der Waals surface area contributed by atoms with Crippen LogP contribution < -0.4 is 4.74 Å². The number of piperidine rings is 1. The van der Waals surface area contributed by atoms with Gasteiger partial charge in [-0.05, 0) is 68.5 Å². The molecular formula is C21H34ClNO2. The van der Waals surface area contributed by atoms with E-state index in [4.69, 9.17) is 4.74 Å². The van der Waals surface area contributed by atoms with Crippen molar-refractivity contribution in [2.75, 3.05) is 26.2 Å². The molecule has 2 rings (SSSR count). The van der Waals surface area contributed by atoms with Crippen molar-refractivity contribution in [3.8, 4) is 5.75 Å². The van der Waals surface area contributed by atoms with E-state index in [-0.39, 0.29) is 18.2 Å². The lowest BCUT2D eigenvalue weighted by atomic mass is 9.94. The van der Waals surface area contributed by atoms with Crippen LogP contribution in [-0.2, 0) is 6.42 Å². The standard InChI is InChI=1S/C21H33NO2.ClH/c1-4-15-24-21-8-7-19(16-18(21)6-3)20(23)11-14-22-12-9-17(5-2)10-13-22;/h7-8,16-17H,4-6,9-15H2,1-3H3;1H. The van der Waals surface area contributed by atoms with Crippen molar-refractivity contribution in [2.24, 2.45) is 5.92 Å². The summed E-state index contributed by atoms with van der Waals surface area (Å²) in [7, 11) is 0. The highest BCUT2D eigenvalue weighted by Gasteiger charge is 2.18. The maximum Gasteiger partial charge on any atom is 0.164 e. The Labute approximate surface area is 159 Å².